The van der Waals surface area contributed by atoms with E-state index < -0.39 is 30.3 Å². The first-order valence-corrected chi connectivity index (χ1v) is 4.40. The van der Waals surface area contributed by atoms with Gasteiger partial charge in [0.2, 0.25) is 0 Å². The largest absolute Gasteiger partial charge is 0.426 e. The van der Waals surface area contributed by atoms with Crippen LogP contribution in [0.25, 0.3) is 0 Å². The molecule has 0 bridgehead atoms. The highest BCUT2D eigenvalue weighted by molar-refractivity contribution is 4.96. The van der Waals surface area contributed by atoms with E-state index in [0.717, 1.165) is 21.3 Å². The number of alkyl halides is 6. The minimum Gasteiger partial charge on any atom is -0.373 e. The zero-order valence-electron chi connectivity index (χ0n) is 9.65. The average Bonchev–Trinajstić information content (AvgIpc) is 2.23. The molecule has 0 spiro atoms. The van der Waals surface area contributed by atoms with Gasteiger partial charge in [0, 0.05) is 21.3 Å². The highest BCUT2D eigenvalue weighted by atomic mass is 19.4. The SMILES string of the molecule is COC(CC(O)(C(F)(F)F)C(F)(F)F)(OC)OC. The minimum absolute atomic E-state index is 0.778. The van der Waals surface area contributed by atoms with E-state index in [-0.39, 0.29) is 0 Å². The van der Waals surface area contributed by atoms with Crippen molar-refractivity contribution < 1.29 is 45.7 Å². The Balaban J connectivity index is 5.53. The molecule has 0 saturated heterocycles. The Morgan fingerprint density at radius 2 is 1.06 bits per heavy atom. The normalized spacial score (nSPS) is 15.0. The minimum atomic E-state index is -5.97. The van der Waals surface area contributed by atoms with E-state index in [1.165, 1.54) is 0 Å². The van der Waals surface area contributed by atoms with E-state index in [2.05, 4.69) is 14.2 Å². The molecule has 0 aliphatic rings. The highest BCUT2D eigenvalue weighted by Gasteiger charge is 2.73. The third-order valence-corrected chi connectivity index (χ3v) is 2.34. The molecule has 0 aliphatic carbocycles. The second-order valence-corrected chi connectivity index (χ2v) is 3.33. The van der Waals surface area contributed by atoms with Crippen LogP contribution in [-0.4, -0.2) is 50.4 Å². The Labute approximate surface area is 98.4 Å². The number of ether oxygens (including phenoxy) is 3. The average molecular weight is 286 g/mol. The van der Waals surface area contributed by atoms with Gasteiger partial charge in [0.05, 0.1) is 6.42 Å². The van der Waals surface area contributed by atoms with Crippen LogP contribution in [0.4, 0.5) is 26.3 Å². The summed E-state index contributed by atoms with van der Waals surface area (Å²) in [6.45, 7) is 0. The van der Waals surface area contributed by atoms with E-state index in [0.29, 0.717) is 0 Å². The van der Waals surface area contributed by atoms with E-state index in [9.17, 15) is 26.3 Å². The zero-order valence-corrected chi connectivity index (χ0v) is 9.65. The van der Waals surface area contributed by atoms with Crippen molar-refractivity contribution in [3.63, 3.8) is 0 Å². The van der Waals surface area contributed by atoms with E-state index in [1.807, 2.05) is 0 Å². The van der Waals surface area contributed by atoms with Crippen LogP contribution in [0.3, 0.4) is 0 Å². The summed E-state index contributed by atoms with van der Waals surface area (Å²) in [6, 6.07) is 0. The van der Waals surface area contributed by atoms with Crippen molar-refractivity contribution in [2.75, 3.05) is 21.3 Å². The molecule has 0 aromatic carbocycles. The van der Waals surface area contributed by atoms with Gasteiger partial charge in [0.15, 0.2) is 0 Å². The number of aliphatic hydroxyl groups is 1. The van der Waals surface area contributed by atoms with E-state index in [1.54, 1.807) is 0 Å². The molecule has 0 amide bonds. The quantitative estimate of drug-likeness (QED) is 0.618. The summed E-state index contributed by atoms with van der Waals surface area (Å²) in [6.07, 6.45) is -13.9. The van der Waals surface area contributed by atoms with Crippen LogP contribution in [-0.2, 0) is 14.2 Å². The lowest BCUT2D eigenvalue weighted by atomic mass is 9.96. The van der Waals surface area contributed by atoms with Crippen molar-refractivity contribution in [3.8, 4) is 0 Å². The summed E-state index contributed by atoms with van der Waals surface area (Å²) in [5.41, 5.74) is -5.01. The topological polar surface area (TPSA) is 47.9 Å². The molecule has 0 radical (unpaired) electrons. The maximum Gasteiger partial charge on any atom is 0.426 e. The molecule has 0 aromatic rings. The number of halogens is 6. The second-order valence-electron chi connectivity index (χ2n) is 3.33. The lowest BCUT2D eigenvalue weighted by Crippen LogP contribution is -2.61. The van der Waals surface area contributed by atoms with Gasteiger partial charge in [0.25, 0.3) is 11.6 Å². The third kappa shape index (κ3) is 3.05. The van der Waals surface area contributed by atoms with Gasteiger partial charge in [-0.3, -0.25) is 0 Å². The molecule has 0 saturated carbocycles. The van der Waals surface area contributed by atoms with Crippen LogP contribution >= 0.6 is 0 Å². The Hall–Kier alpha value is -0.580. The van der Waals surface area contributed by atoms with Crippen LogP contribution in [0.5, 0.6) is 0 Å². The molecule has 0 atom stereocenters. The van der Waals surface area contributed by atoms with Gasteiger partial charge in [-0.1, -0.05) is 0 Å². The first-order chi connectivity index (χ1) is 7.89. The van der Waals surface area contributed by atoms with Crippen LogP contribution < -0.4 is 0 Å². The van der Waals surface area contributed by atoms with Gasteiger partial charge in [-0.15, -0.1) is 0 Å². The number of hydrogen-bond donors (Lipinski definition) is 1. The number of rotatable bonds is 5. The lowest BCUT2D eigenvalue weighted by molar-refractivity contribution is -0.428. The van der Waals surface area contributed by atoms with Crippen molar-refractivity contribution in [2.24, 2.45) is 0 Å². The van der Waals surface area contributed by atoms with Gasteiger partial charge in [-0.05, 0) is 0 Å². The molecule has 110 valence electrons. The van der Waals surface area contributed by atoms with Crippen molar-refractivity contribution in [3.05, 3.63) is 0 Å². The van der Waals surface area contributed by atoms with Crippen LogP contribution in [0, 0.1) is 0 Å². The molecule has 4 nitrogen and oxygen atoms in total. The number of hydrogen-bond acceptors (Lipinski definition) is 4. The predicted octanol–water partition coefficient (Wildman–Crippen LogP) is 1.83. The van der Waals surface area contributed by atoms with Crippen molar-refractivity contribution in [1.29, 1.82) is 0 Å². The Morgan fingerprint density at radius 3 is 1.22 bits per heavy atom. The molecule has 0 fully saturated rings. The molecule has 0 unspecified atom stereocenters. The summed E-state index contributed by atoms with van der Waals surface area (Å²) >= 11 is 0. The summed E-state index contributed by atoms with van der Waals surface area (Å²) < 4.78 is 87.4. The third-order valence-electron chi connectivity index (χ3n) is 2.34. The van der Waals surface area contributed by atoms with Gasteiger partial charge in [-0.25, -0.2) is 0 Å². The fourth-order valence-corrected chi connectivity index (χ4v) is 1.14. The highest BCUT2D eigenvalue weighted by Crippen LogP contribution is 2.48. The molecule has 0 aliphatic heterocycles. The van der Waals surface area contributed by atoms with Crippen LogP contribution in [0.2, 0.25) is 0 Å². The van der Waals surface area contributed by atoms with Gasteiger partial charge < -0.3 is 19.3 Å². The predicted molar refractivity (Wildman–Crippen MR) is 45.4 cm³/mol. The van der Waals surface area contributed by atoms with Crippen LogP contribution in [0.1, 0.15) is 6.42 Å². The summed E-state index contributed by atoms with van der Waals surface area (Å²) in [5, 5.41) is 8.92. The van der Waals surface area contributed by atoms with Gasteiger partial charge in [-0.2, -0.15) is 26.3 Å². The van der Waals surface area contributed by atoms with Crippen molar-refractivity contribution in [1.82, 2.24) is 0 Å². The fourth-order valence-electron chi connectivity index (χ4n) is 1.14. The molecular weight excluding hydrogens is 274 g/mol. The first kappa shape index (κ1) is 17.4. The van der Waals surface area contributed by atoms with Gasteiger partial charge in [0.1, 0.15) is 0 Å². The zero-order chi connectivity index (χ0) is 14.8. The van der Waals surface area contributed by atoms with E-state index >= 15 is 0 Å². The maximum atomic E-state index is 12.4. The fraction of sp³-hybridized carbons (Fsp3) is 1.00. The Bertz CT molecular complexity index is 247. The molecule has 18 heavy (non-hydrogen) atoms. The summed E-state index contributed by atoms with van der Waals surface area (Å²) in [4.78, 5) is 0. The van der Waals surface area contributed by atoms with Crippen molar-refractivity contribution >= 4 is 0 Å². The maximum absolute atomic E-state index is 12.4. The van der Waals surface area contributed by atoms with Crippen LogP contribution in [0.15, 0.2) is 0 Å². The number of methoxy groups -OCH3 is 3. The molecular formula is C8H12F6O4. The van der Waals surface area contributed by atoms with Crippen molar-refractivity contribution in [2.45, 2.75) is 30.3 Å². The smallest absolute Gasteiger partial charge is 0.373 e. The van der Waals surface area contributed by atoms with E-state index in [4.69, 9.17) is 5.11 Å². The lowest BCUT2D eigenvalue weighted by Gasteiger charge is -2.38. The standard InChI is InChI=1S/C8H12F6O4/c1-16-6(17-2,18-3)4-5(15,7(9,10)11)8(12,13)14/h15H,4H2,1-3H3. The Kier molecular flexibility index (Phi) is 5.03. The molecule has 0 aromatic heterocycles. The second kappa shape index (κ2) is 5.19. The first-order valence-electron chi connectivity index (χ1n) is 4.40. The molecule has 10 heteroatoms. The molecule has 0 rings (SSSR count). The van der Waals surface area contributed by atoms with Gasteiger partial charge >= 0.3 is 12.4 Å². The Morgan fingerprint density at radius 1 is 0.778 bits per heavy atom. The molecule has 1 N–H and O–H groups in total. The molecule has 0 heterocycles. The summed E-state index contributed by atoms with van der Waals surface area (Å²) in [5.74, 6) is -2.67. The monoisotopic (exact) mass is 286 g/mol. The summed E-state index contributed by atoms with van der Waals surface area (Å²) in [7, 11) is 2.33.